The quantitative estimate of drug-likeness (QED) is 0.560. The highest BCUT2D eigenvalue weighted by Crippen LogP contribution is 2.27. The van der Waals surface area contributed by atoms with Crippen molar-refractivity contribution < 1.29 is 9.53 Å². The lowest BCUT2D eigenvalue weighted by molar-refractivity contribution is -0.140. The second kappa shape index (κ2) is 6.83. The zero-order valence-corrected chi connectivity index (χ0v) is 9.92. The third kappa shape index (κ3) is 5.17. The van der Waals surface area contributed by atoms with Gasteiger partial charge in [0.15, 0.2) is 0 Å². The normalized spacial score (nSPS) is 26.3. The number of methoxy groups -OCH3 is 1. The number of carbonyl (C=O) groups excluding carboxylic acids is 1. The van der Waals surface area contributed by atoms with Crippen LogP contribution in [0.4, 0.5) is 0 Å². The molecule has 0 saturated heterocycles. The number of rotatable bonds is 5. The van der Waals surface area contributed by atoms with Crippen molar-refractivity contribution in [1.29, 1.82) is 0 Å². The minimum absolute atomic E-state index is 0.125. The van der Waals surface area contributed by atoms with E-state index in [-0.39, 0.29) is 5.97 Å². The molecule has 15 heavy (non-hydrogen) atoms. The molecule has 1 aliphatic carbocycles. The molecule has 3 heteroatoms. The Kier molecular flexibility index (Phi) is 5.69. The summed E-state index contributed by atoms with van der Waals surface area (Å²) in [5, 5.41) is 3.33. The van der Waals surface area contributed by atoms with Crippen molar-refractivity contribution >= 4 is 5.97 Å². The van der Waals surface area contributed by atoms with E-state index >= 15 is 0 Å². The van der Waals surface area contributed by atoms with Gasteiger partial charge in [-0.25, -0.2) is 0 Å². The van der Waals surface area contributed by atoms with Gasteiger partial charge in [-0.05, 0) is 31.2 Å². The Morgan fingerprint density at radius 3 is 2.60 bits per heavy atom. The highest BCUT2D eigenvalue weighted by atomic mass is 16.5. The van der Waals surface area contributed by atoms with Crippen LogP contribution >= 0.6 is 0 Å². The van der Waals surface area contributed by atoms with Gasteiger partial charge >= 0.3 is 5.97 Å². The smallest absolute Gasteiger partial charge is 0.306 e. The van der Waals surface area contributed by atoms with Gasteiger partial charge in [0.2, 0.25) is 0 Å². The highest BCUT2D eigenvalue weighted by molar-refractivity contribution is 5.69. The summed E-state index contributed by atoms with van der Waals surface area (Å²) in [4.78, 5) is 10.8. The first-order valence-corrected chi connectivity index (χ1v) is 6.00. The van der Waals surface area contributed by atoms with Gasteiger partial charge in [-0.2, -0.15) is 0 Å². The second-order valence-corrected chi connectivity index (χ2v) is 4.66. The zero-order chi connectivity index (χ0) is 11.1. The summed E-state index contributed by atoms with van der Waals surface area (Å²) in [6.07, 6.45) is 5.89. The van der Waals surface area contributed by atoms with Gasteiger partial charge in [-0.1, -0.05) is 19.8 Å². The Hall–Kier alpha value is -0.570. The maximum atomic E-state index is 10.8. The van der Waals surface area contributed by atoms with E-state index < -0.39 is 0 Å². The molecule has 0 aliphatic heterocycles. The van der Waals surface area contributed by atoms with Crippen molar-refractivity contribution in [1.82, 2.24) is 5.32 Å². The average Bonchev–Trinajstić information content (AvgIpc) is 2.26. The van der Waals surface area contributed by atoms with Crippen LogP contribution in [0, 0.1) is 11.8 Å². The zero-order valence-electron chi connectivity index (χ0n) is 9.92. The molecule has 0 heterocycles. The van der Waals surface area contributed by atoms with Crippen LogP contribution in [-0.4, -0.2) is 26.2 Å². The summed E-state index contributed by atoms with van der Waals surface area (Å²) in [6, 6.07) is 0. The molecule has 88 valence electrons. The molecule has 0 spiro atoms. The van der Waals surface area contributed by atoms with Crippen LogP contribution in [0.5, 0.6) is 0 Å². The first-order valence-electron chi connectivity index (χ1n) is 6.00. The molecule has 3 nitrogen and oxygen atoms in total. The average molecular weight is 213 g/mol. The monoisotopic (exact) mass is 213 g/mol. The first kappa shape index (κ1) is 12.5. The number of hydrogen-bond acceptors (Lipinski definition) is 3. The van der Waals surface area contributed by atoms with Gasteiger partial charge < -0.3 is 10.1 Å². The van der Waals surface area contributed by atoms with E-state index in [1.54, 1.807) is 0 Å². The van der Waals surface area contributed by atoms with Crippen molar-refractivity contribution in [2.45, 2.75) is 39.0 Å². The van der Waals surface area contributed by atoms with E-state index in [1.807, 2.05) is 0 Å². The minimum atomic E-state index is -0.125. The molecule has 1 saturated carbocycles. The van der Waals surface area contributed by atoms with Crippen LogP contribution in [0.3, 0.4) is 0 Å². The molecule has 0 aromatic carbocycles. The van der Waals surface area contributed by atoms with Crippen LogP contribution < -0.4 is 5.32 Å². The van der Waals surface area contributed by atoms with E-state index in [9.17, 15) is 4.79 Å². The fourth-order valence-corrected chi connectivity index (χ4v) is 2.13. The van der Waals surface area contributed by atoms with Gasteiger partial charge in [-0.15, -0.1) is 0 Å². The van der Waals surface area contributed by atoms with Gasteiger partial charge in [-0.3, -0.25) is 4.79 Å². The molecule has 0 radical (unpaired) electrons. The molecule has 0 amide bonds. The van der Waals surface area contributed by atoms with E-state index in [2.05, 4.69) is 17.0 Å². The maximum Gasteiger partial charge on any atom is 0.306 e. The van der Waals surface area contributed by atoms with Crippen LogP contribution in [-0.2, 0) is 9.53 Å². The van der Waals surface area contributed by atoms with E-state index in [1.165, 1.54) is 32.8 Å². The minimum Gasteiger partial charge on any atom is -0.469 e. The van der Waals surface area contributed by atoms with Gasteiger partial charge in [0, 0.05) is 6.54 Å². The van der Waals surface area contributed by atoms with Crippen LogP contribution in [0.1, 0.15) is 39.0 Å². The fraction of sp³-hybridized carbons (Fsp3) is 0.917. The third-order valence-electron chi connectivity index (χ3n) is 3.30. The van der Waals surface area contributed by atoms with Crippen LogP contribution in [0.2, 0.25) is 0 Å². The number of hydrogen-bond donors (Lipinski definition) is 1. The Morgan fingerprint density at radius 1 is 1.33 bits per heavy atom. The molecule has 1 aliphatic rings. The van der Waals surface area contributed by atoms with E-state index in [4.69, 9.17) is 0 Å². The number of carbonyl (C=O) groups is 1. The molecule has 1 N–H and O–H groups in total. The molecule has 1 fully saturated rings. The first-order chi connectivity index (χ1) is 7.22. The topological polar surface area (TPSA) is 38.3 Å². The lowest BCUT2D eigenvalue weighted by Crippen LogP contribution is -2.27. The number of esters is 1. The molecule has 0 unspecified atom stereocenters. The number of nitrogens with one attached hydrogen (secondary N) is 1. The molecular weight excluding hydrogens is 190 g/mol. The maximum absolute atomic E-state index is 10.8. The largest absolute Gasteiger partial charge is 0.469 e. The molecule has 0 atom stereocenters. The molecule has 0 aromatic rings. The van der Waals surface area contributed by atoms with E-state index in [0.29, 0.717) is 6.42 Å². The van der Waals surface area contributed by atoms with Crippen molar-refractivity contribution in [3.63, 3.8) is 0 Å². The predicted octanol–water partition coefficient (Wildman–Crippen LogP) is 1.97. The number of ether oxygens (including phenoxy) is 1. The lowest BCUT2D eigenvalue weighted by Gasteiger charge is -2.26. The molecule has 0 bridgehead atoms. The molecule has 0 aromatic heterocycles. The summed E-state index contributed by atoms with van der Waals surface area (Å²) in [6.45, 7) is 4.14. The van der Waals surface area contributed by atoms with Crippen molar-refractivity contribution in [3.8, 4) is 0 Å². The third-order valence-corrected chi connectivity index (χ3v) is 3.30. The Labute approximate surface area is 92.6 Å². The Balaban J connectivity index is 1.98. The molecular formula is C12H23NO2. The van der Waals surface area contributed by atoms with Crippen molar-refractivity contribution in [2.75, 3.05) is 20.2 Å². The van der Waals surface area contributed by atoms with Crippen molar-refractivity contribution in [3.05, 3.63) is 0 Å². The van der Waals surface area contributed by atoms with Crippen LogP contribution in [0.25, 0.3) is 0 Å². The lowest BCUT2D eigenvalue weighted by atomic mass is 9.83. The summed E-state index contributed by atoms with van der Waals surface area (Å²) in [5.41, 5.74) is 0. The summed E-state index contributed by atoms with van der Waals surface area (Å²) in [5.74, 6) is 1.61. The fourth-order valence-electron chi connectivity index (χ4n) is 2.13. The van der Waals surface area contributed by atoms with Crippen molar-refractivity contribution in [2.24, 2.45) is 11.8 Å². The van der Waals surface area contributed by atoms with Gasteiger partial charge in [0.25, 0.3) is 0 Å². The standard InChI is InChI=1S/C12H23NO2/c1-10-3-5-11(6-4-10)9-13-8-7-12(14)15-2/h10-11,13H,3-9H2,1-2H3. The van der Waals surface area contributed by atoms with Gasteiger partial charge in [0.1, 0.15) is 0 Å². The van der Waals surface area contributed by atoms with Crippen LogP contribution in [0.15, 0.2) is 0 Å². The molecule has 1 rings (SSSR count). The predicted molar refractivity (Wildman–Crippen MR) is 60.6 cm³/mol. The Morgan fingerprint density at radius 2 is 2.00 bits per heavy atom. The Bertz CT molecular complexity index is 186. The second-order valence-electron chi connectivity index (χ2n) is 4.66. The van der Waals surface area contributed by atoms with Gasteiger partial charge in [0.05, 0.1) is 13.5 Å². The van der Waals surface area contributed by atoms with E-state index in [0.717, 1.165) is 24.9 Å². The summed E-state index contributed by atoms with van der Waals surface area (Å²) in [7, 11) is 1.44. The summed E-state index contributed by atoms with van der Waals surface area (Å²) >= 11 is 0. The highest BCUT2D eigenvalue weighted by Gasteiger charge is 2.17. The SMILES string of the molecule is COC(=O)CCNCC1CCC(C)CC1. The summed E-state index contributed by atoms with van der Waals surface area (Å²) < 4.78 is 4.58.